The van der Waals surface area contributed by atoms with Gasteiger partial charge in [0.15, 0.2) is 16.6 Å². The van der Waals surface area contributed by atoms with E-state index in [2.05, 4.69) is 15.6 Å². The fraction of sp³-hybridized carbons (Fsp3) is 0.346. The first-order chi connectivity index (χ1) is 17.0. The average Bonchev–Trinajstić information content (AvgIpc) is 3.30. The highest BCUT2D eigenvalue weighted by atomic mass is 32.1. The highest BCUT2D eigenvalue weighted by Crippen LogP contribution is 2.39. The van der Waals surface area contributed by atoms with Gasteiger partial charge in [-0.3, -0.25) is 9.59 Å². The molecule has 0 aliphatic carbocycles. The van der Waals surface area contributed by atoms with Gasteiger partial charge in [0.05, 0.1) is 25.5 Å². The summed E-state index contributed by atoms with van der Waals surface area (Å²) in [5, 5.41) is 8.16. The van der Waals surface area contributed by atoms with Crippen LogP contribution in [0.2, 0.25) is 0 Å². The highest BCUT2D eigenvalue weighted by Gasteiger charge is 2.19. The van der Waals surface area contributed by atoms with Gasteiger partial charge in [-0.15, -0.1) is 11.3 Å². The number of aromatic nitrogens is 1. The Balaban J connectivity index is 1.81. The molecule has 1 aromatic heterocycles. The lowest BCUT2D eigenvalue weighted by atomic mass is 10.1. The smallest absolute Gasteiger partial charge is 0.255 e. The molecule has 0 spiro atoms. The lowest BCUT2D eigenvalue weighted by Gasteiger charge is -2.17. The van der Waals surface area contributed by atoms with E-state index in [0.717, 1.165) is 17.7 Å². The fourth-order valence-electron chi connectivity index (χ4n) is 3.35. The molecule has 0 atom stereocenters. The second-order valence-corrected chi connectivity index (χ2v) is 8.33. The number of rotatable bonds is 12. The Morgan fingerprint density at radius 1 is 0.914 bits per heavy atom. The van der Waals surface area contributed by atoms with Crippen molar-refractivity contribution in [2.45, 2.75) is 40.5 Å². The van der Waals surface area contributed by atoms with E-state index in [4.69, 9.17) is 14.2 Å². The van der Waals surface area contributed by atoms with Crippen molar-refractivity contribution in [3.05, 3.63) is 47.3 Å². The summed E-state index contributed by atoms with van der Waals surface area (Å²) >= 11 is 1.36. The molecule has 0 aliphatic rings. The number of carbonyl (C=O) groups excluding carboxylic acids is 2. The maximum absolute atomic E-state index is 13.1. The predicted octanol–water partition coefficient (Wildman–Crippen LogP) is 6.00. The van der Waals surface area contributed by atoms with E-state index in [9.17, 15) is 9.59 Å². The van der Waals surface area contributed by atoms with Gasteiger partial charge in [-0.25, -0.2) is 4.98 Å². The van der Waals surface area contributed by atoms with E-state index in [1.165, 1.54) is 11.3 Å². The maximum Gasteiger partial charge on any atom is 0.255 e. The number of nitrogens with zero attached hydrogens (tertiary/aromatic N) is 1. The topological polar surface area (TPSA) is 98.8 Å². The molecule has 0 aliphatic heterocycles. The SMILES string of the molecule is CCCC(=O)Nc1nc(-c2cccc(NC(=O)c3cc(OCC)c(OCC)c(OCC)c3)c2)cs1. The van der Waals surface area contributed by atoms with Crippen LogP contribution in [0.4, 0.5) is 10.8 Å². The van der Waals surface area contributed by atoms with Gasteiger partial charge in [-0.05, 0) is 51.5 Å². The van der Waals surface area contributed by atoms with Crippen molar-refractivity contribution in [3.63, 3.8) is 0 Å². The largest absolute Gasteiger partial charge is 0.490 e. The predicted molar refractivity (Wildman–Crippen MR) is 139 cm³/mol. The molecule has 1 heterocycles. The Hall–Kier alpha value is -3.59. The minimum Gasteiger partial charge on any atom is -0.490 e. The standard InChI is InChI=1S/C26H31N3O5S/c1-5-10-23(30)29-26-28-20(16-35-26)17-11-9-12-19(13-17)27-25(31)18-14-21(32-6-2)24(34-8-4)22(15-18)33-7-3/h9,11-16H,5-8,10H2,1-4H3,(H,27,31)(H,28,29,30). The van der Waals surface area contributed by atoms with E-state index < -0.39 is 0 Å². The van der Waals surface area contributed by atoms with Crippen molar-refractivity contribution in [3.8, 4) is 28.5 Å². The van der Waals surface area contributed by atoms with Crippen LogP contribution in [-0.4, -0.2) is 36.6 Å². The zero-order valence-corrected chi connectivity index (χ0v) is 21.3. The molecule has 2 aromatic carbocycles. The van der Waals surface area contributed by atoms with Crippen molar-refractivity contribution in [2.75, 3.05) is 30.5 Å². The molecule has 0 radical (unpaired) electrons. The summed E-state index contributed by atoms with van der Waals surface area (Å²) < 4.78 is 17.2. The molecule has 0 unspecified atom stereocenters. The van der Waals surface area contributed by atoms with Gasteiger partial charge in [0, 0.05) is 28.6 Å². The van der Waals surface area contributed by atoms with Gasteiger partial charge < -0.3 is 24.8 Å². The number of benzene rings is 2. The van der Waals surface area contributed by atoms with E-state index in [-0.39, 0.29) is 11.8 Å². The maximum atomic E-state index is 13.1. The Morgan fingerprint density at radius 3 is 2.23 bits per heavy atom. The first-order valence-corrected chi connectivity index (χ1v) is 12.6. The van der Waals surface area contributed by atoms with Gasteiger partial charge in [-0.1, -0.05) is 19.1 Å². The van der Waals surface area contributed by atoms with Crippen molar-refractivity contribution in [1.29, 1.82) is 0 Å². The Kier molecular flexibility index (Phi) is 9.48. The lowest BCUT2D eigenvalue weighted by molar-refractivity contribution is -0.116. The fourth-order valence-corrected chi connectivity index (χ4v) is 4.09. The number of nitrogens with one attached hydrogen (secondary N) is 2. The number of thiazole rings is 1. The molecule has 8 nitrogen and oxygen atoms in total. The van der Waals surface area contributed by atoms with Crippen LogP contribution < -0.4 is 24.8 Å². The van der Waals surface area contributed by atoms with Crippen molar-refractivity contribution >= 4 is 34.0 Å². The minimum absolute atomic E-state index is 0.0531. The summed E-state index contributed by atoms with van der Waals surface area (Å²) in [5.74, 6) is 1.04. The molecule has 3 aromatic rings. The number of carbonyl (C=O) groups is 2. The van der Waals surface area contributed by atoms with Crippen molar-refractivity contribution < 1.29 is 23.8 Å². The Morgan fingerprint density at radius 2 is 1.60 bits per heavy atom. The Bertz CT molecular complexity index is 1130. The number of hydrogen-bond acceptors (Lipinski definition) is 7. The van der Waals surface area contributed by atoms with Crippen molar-refractivity contribution in [2.24, 2.45) is 0 Å². The summed E-state index contributed by atoms with van der Waals surface area (Å²) in [7, 11) is 0. The van der Waals surface area contributed by atoms with Gasteiger partial charge in [-0.2, -0.15) is 0 Å². The molecule has 35 heavy (non-hydrogen) atoms. The first-order valence-electron chi connectivity index (χ1n) is 11.7. The summed E-state index contributed by atoms with van der Waals surface area (Å²) in [6.45, 7) is 8.86. The molecular formula is C26H31N3O5S. The second-order valence-electron chi connectivity index (χ2n) is 7.47. The van der Waals surface area contributed by atoms with Crippen LogP contribution in [0, 0.1) is 0 Å². The van der Waals surface area contributed by atoms with Gasteiger partial charge in [0.2, 0.25) is 11.7 Å². The van der Waals surface area contributed by atoms with Crippen LogP contribution in [0.5, 0.6) is 17.2 Å². The zero-order chi connectivity index (χ0) is 25.2. The molecule has 0 saturated carbocycles. The van der Waals surface area contributed by atoms with E-state index >= 15 is 0 Å². The van der Waals surface area contributed by atoms with Crippen LogP contribution in [0.15, 0.2) is 41.8 Å². The zero-order valence-electron chi connectivity index (χ0n) is 20.5. The third-order valence-electron chi connectivity index (χ3n) is 4.82. The molecule has 3 rings (SSSR count). The van der Waals surface area contributed by atoms with Gasteiger partial charge in [0.1, 0.15) is 0 Å². The van der Waals surface area contributed by atoms with Crippen LogP contribution in [0.1, 0.15) is 50.9 Å². The molecule has 2 N–H and O–H groups in total. The summed E-state index contributed by atoms with van der Waals surface area (Å²) in [4.78, 5) is 29.4. The lowest BCUT2D eigenvalue weighted by Crippen LogP contribution is -2.13. The monoisotopic (exact) mass is 497 g/mol. The van der Waals surface area contributed by atoms with E-state index in [1.54, 1.807) is 18.2 Å². The Labute approximate surface area is 209 Å². The number of amides is 2. The minimum atomic E-state index is -0.307. The highest BCUT2D eigenvalue weighted by molar-refractivity contribution is 7.14. The van der Waals surface area contributed by atoms with Crippen LogP contribution in [0.25, 0.3) is 11.3 Å². The summed E-state index contributed by atoms with van der Waals surface area (Å²) in [6, 6.07) is 10.7. The molecule has 0 saturated heterocycles. The number of hydrogen-bond donors (Lipinski definition) is 2. The third-order valence-corrected chi connectivity index (χ3v) is 5.57. The van der Waals surface area contributed by atoms with Gasteiger partial charge >= 0.3 is 0 Å². The normalized spacial score (nSPS) is 10.5. The number of ether oxygens (including phenoxy) is 3. The van der Waals surface area contributed by atoms with Crippen LogP contribution >= 0.6 is 11.3 Å². The van der Waals surface area contributed by atoms with Crippen LogP contribution in [0.3, 0.4) is 0 Å². The molecule has 9 heteroatoms. The van der Waals surface area contributed by atoms with E-state index in [0.29, 0.717) is 59.9 Å². The molecule has 2 amide bonds. The summed E-state index contributed by atoms with van der Waals surface area (Å²) in [6.07, 6.45) is 1.23. The first kappa shape index (κ1) is 26.0. The van der Waals surface area contributed by atoms with Gasteiger partial charge in [0.25, 0.3) is 5.91 Å². The summed E-state index contributed by atoms with van der Waals surface area (Å²) in [5.41, 5.74) is 2.55. The van der Waals surface area contributed by atoms with Crippen LogP contribution in [-0.2, 0) is 4.79 Å². The molecular weight excluding hydrogens is 466 g/mol. The molecule has 186 valence electrons. The molecule has 0 bridgehead atoms. The second kappa shape index (κ2) is 12.8. The molecule has 0 fully saturated rings. The third kappa shape index (κ3) is 6.95. The number of anilines is 2. The van der Waals surface area contributed by atoms with E-state index in [1.807, 2.05) is 51.3 Å². The quantitative estimate of drug-likeness (QED) is 0.319. The average molecular weight is 498 g/mol. The van der Waals surface area contributed by atoms with Crippen molar-refractivity contribution in [1.82, 2.24) is 4.98 Å².